The quantitative estimate of drug-likeness (QED) is 0.0196. The van der Waals surface area contributed by atoms with Crippen LogP contribution in [0.25, 0.3) is 0 Å². The van der Waals surface area contributed by atoms with Gasteiger partial charge < -0.3 is 34.3 Å². The van der Waals surface area contributed by atoms with E-state index in [0.29, 0.717) is 12.8 Å². The Morgan fingerprint density at radius 3 is 1.40 bits per heavy atom. The van der Waals surface area contributed by atoms with Crippen molar-refractivity contribution in [2.24, 2.45) is 0 Å². The Morgan fingerprint density at radius 1 is 0.522 bits per heavy atom. The van der Waals surface area contributed by atoms with E-state index in [0.717, 1.165) is 70.6 Å². The van der Waals surface area contributed by atoms with Crippen molar-refractivity contribution in [2.75, 3.05) is 19.0 Å². The van der Waals surface area contributed by atoms with Gasteiger partial charge in [0.25, 0.3) is 10.1 Å². The van der Waals surface area contributed by atoms with Crippen LogP contribution in [0.1, 0.15) is 226 Å². The minimum Gasteiger partial charge on any atom is -0.462 e. The Morgan fingerprint density at radius 2 is 0.940 bits per heavy atom. The van der Waals surface area contributed by atoms with E-state index in [9.17, 15) is 37.9 Å². The van der Waals surface area contributed by atoms with Crippen molar-refractivity contribution in [2.45, 2.75) is 263 Å². The molecule has 0 aromatic rings. The van der Waals surface area contributed by atoms with Crippen LogP contribution in [0.2, 0.25) is 0 Å². The van der Waals surface area contributed by atoms with Gasteiger partial charge in [-0.1, -0.05) is 210 Å². The third-order valence-corrected chi connectivity index (χ3v) is 12.9. The van der Waals surface area contributed by atoms with E-state index in [1.165, 1.54) is 116 Å². The Labute approximate surface area is 407 Å². The normalized spacial score (nSPS) is 19.6. The lowest BCUT2D eigenvalue weighted by Crippen LogP contribution is -2.60. The summed E-state index contributed by atoms with van der Waals surface area (Å²) in [4.78, 5) is 25.5. The first-order valence-corrected chi connectivity index (χ1v) is 28.3. The van der Waals surface area contributed by atoms with Crippen molar-refractivity contribution in [3.63, 3.8) is 0 Å². The van der Waals surface area contributed by atoms with Crippen LogP contribution in [0.3, 0.4) is 0 Å². The molecule has 67 heavy (non-hydrogen) atoms. The molecular formula is C54H96O12S. The van der Waals surface area contributed by atoms with Gasteiger partial charge in [0.15, 0.2) is 12.4 Å². The van der Waals surface area contributed by atoms with Crippen molar-refractivity contribution in [3.05, 3.63) is 48.6 Å². The standard InChI is InChI=1S/C54H96O12S/c1-3-5-7-9-11-13-15-17-19-21-22-23-24-25-27-28-30-32-34-36-38-40-42-49(55)63-44-47(45-64-54-53(59)52(58)51(57)48(66-54)46-67(60,61)62)65-50(56)43-41-39-37-35-33-31-29-26-20-18-16-14-12-10-8-6-4-2/h6,8,12,14,18,20,29,31,47-48,51-54,57-59H,3-5,7,9-11,13,15-17,19,21-28,30,32-46H2,1-2H3,(H,60,61,62)/b8-6-,14-12-,20-18-,31-29-. The molecule has 0 spiro atoms. The Hall–Kier alpha value is -2.39. The van der Waals surface area contributed by atoms with Gasteiger partial charge in [-0.2, -0.15) is 8.42 Å². The number of allylic oxidation sites excluding steroid dienone is 8. The summed E-state index contributed by atoms with van der Waals surface area (Å²) in [7, 11) is -4.61. The highest BCUT2D eigenvalue weighted by Crippen LogP contribution is 2.24. The average Bonchev–Trinajstić information content (AvgIpc) is 3.30. The van der Waals surface area contributed by atoms with Crippen LogP contribution >= 0.6 is 0 Å². The summed E-state index contributed by atoms with van der Waals surface area (Å²) in [5, 5.41) is 31.0. The zero-order valence-electron chi connectivity index (χ0n) is 42.0. The van der Waals surface area contributed by atoms with E-state index in [2.05, 4.69) is 62.5 Å². The highest BCUT2D eigenvalue weighted by Gasteiger charge is 2.46. The van der Waals surface area contributed by atoms with Crippen molar-refractivity contribution in [3.8, 4) is 0 Å². The van der Waals surface area contributed by atoms with Crippen LogP contribution in [0, 0.1) is 0 Å². The van der Waals surface area contributed by atoms with E-state index in [1.54, 1.807) is 0 Å². The first kappa shape index (κ1) is 62.6. The van der Waals surface area contributed by atoms with Gasteiger partial charge in [-0.3, -0.25) is 14.1 Å². The molecular weight excluding hydrogens is 873 g/mol. The highest BCUT2D eigenvalue weighted by molar-refractivity contribution is 7.85. The minimum atomic E-state index is -4.61. The number of hydrogen-bond donors (Lipinski definition) is 4. The molecule has 1 rings (SSSR count). The number of rotatable bonds is 45. The molecule has 13 heteroatoms. The summed E-state index contributed by atoms with van der Waals surface area (Å²) in [6.07, 6.45) is 44.4. The largest absolute Gasteiger partial charge is 0.462 e. The maximum absolute atomic E-state index is 12.9. The second-order valence-corrected chi connectivity index (χ2v) is 20.0. The van der Waals surface area contributed by atoms with Crippen LogP contribution in [-0.2, 0) is 38.7 Å². The van der Waals surface area contributed by atoms with Crippen molar-refractivity contribution >= 4 is 22.1 Å². The molecule has 0 aromatic carbocycles. The summed E-state index contributed by atoms with van der Waals surface area (Å²) in [6.45, 7) is 3.66. The van der Waals surface area contributed by atoms with Crippen molar-refractivity contribution in [1.29, 1.82) is 0 Å². The molecule has 0 saturated carbocycles. The highest BCUT2D eigenvalue weighted by atomic mass is 32.2. The fourth-order valence-electron chi connectivity index (χ4n) is 8.08. The van der Waals surface area contributed by atoms with Crippen molar-refractivity contribution in [1.82, 2.24) is 0 Å². The number of carbonyl (C=O) groups excluding carboxylic acids is 2. The average molecular weight is 969 g/mol. The Balaban J connectivity index is 2.35. The molecule has 0 bridgehead atoms. The molecule has 0 amide bonds. The maximum Gasteiger partial charge on any atom is 0.306 e. The van der Waals surface area contributed by atoms with Gasteiger partial charge in [-0.05, 0) is 51.4 Å². The lowest BCUT2D eigenvalue weighted by Gasteiger charge is -2.40. The smallest absolute Gasteiger partial charge is 0.306 e. The SMILES string of the molecule is CC/C=C\C/C=C\C/C=C\C/C=C\CCCCCCC(=O)OC(COC(=O)CCCCCCCCCCCCCCCCCCCCCCCC)COC1OC(CS(=O)(=O)O)C(O)C(O)C1O. The predicted octanol–water partition coefficient (Wildman–Crippen LogP) is 12.3. The second-order valence-electron chi connectivity index (χ2n) is 18.5. The first-order valence-electron chi connectivity index (χ1n) is 26.7. The van der Waals surface area contributed by atoms with Crippen LogP contribution < -0.4 is 0 Å². The fourth-order valence-corrected chi connectivity index (χ4v) is 8.77. The van der Waals surface area contributed by atoms with E-state index in [-0.39, 0.29) is 19.4 Å². The summed E-state index contributed by atoms with van der Waals surface area (Å²) in [5.74, 6) is -2.01. The number of carbonyl (C=O) groups is 2. The monoisotopic (exact) mass is 969 g/mol. The molecule has 1 fully saturated rings. The molecule has 0 aromatic heterocycles. The summed E-state index contributed by atoms with van der Waals surface area (Å²) >= 11 is 0. The Kier molecular flexibility index (Phi) is 40.8. The molecule has 12 nitrogen and oxygen atoms in total. The number of esters is 2. The zero-order chi connectivity index (χ0) is 49.1. The van der Waals surface area contributed by atoms with E-state index in [4.69, 9.17) is 18.9 Å². The molecule has 1 heterocycles. The lowest BCUT2D eigenvalue weighted by atomic mass is 10.00. The zero-order valence-corrected chi connectivity index (χ0v) is 42.8. The van der Waals surface area contributed by atoms with Crippen LogP contribution in [-0.4, -0.2) is 96.0 Å². The summed E-state index contributed by atoms with van der Waals surface area (Å²) in [5.41, 5.74) is 0. The van der Waals surface area contributed by atoms with Gasteiger partial charge in [0.2, 0.25) is 0 Å². The molecule has 390 valence electrons. The van der Waals surface area contributed by atoms with Gasteiger partial charge in [-0.25, -0.2) is 0 Å². The van der Waals surface area contributed by atoms with E-state index < -0.39 is 71.2 Å². The maximum atomic E-state index is 12.9. The number of hydrogen-bond acceptors (Lipinski definition) is 11. The van der Waals surface area contributed by atoms with E-state index in [1.807, 2.05) is 0 Å². The summed E-state index contributed by atoms with van der Waals surface area (Å²) in [6, 6.07) is 0. The molecule has 0 radical (unpaired) electrons. The molecule has 1 aliphatic rings. The predicted molar refractivity (Wildman–Crippen MR) is 270 cm³/mol. The van der Waals surface area contributed by atoms with Crippen LogP contribution in [0.4, 0.5) is 0 Å². The minimum absolute atomic E-state index is 0.137. The molecule has 1 aliphatic heterocycles. The molecule has 4 N–H and O–H groups in total. The number of aliphatic hydroxyl groups excluding tert-OH is 3. The van der Waals surface area contributed by atoms with Crippen LogP contribution in [0.15, 0.2) is 48.6 Å². The molecule has 6 atom stereocenters. The van der Waals surface area contributed by atoms with Gasteiger partial charge in [0.05, 0.1) is 6.61 Å². The molecule has 0 aliphatic carbocycles. The number of aliphatic hydroxyl groups is 3. The van der Waals surface area contributed by atoms with Gasteiger partial charge >= 0.3 is 11.9 Å². The second kappa shape index (κ2) is 43.6. The van der Waals surface area contributed by atoms with Crippen LogP contribution in [0.5, 0.6) is 0 Å². The van der Waals surface area contributed by atoms with Gasteiger partial charge in [0.1, 0.15) is 36.8 Å². The van der Waals surface area contributed by atoms with E-state index >= 15 is 0 Å². The third kappa shape index (κ3) is 38.1. The first-order chi connectivity index (χ1) is 32.5. The number of unbranched alkanes of at least 4 members (excludes halogenated alkanes) is 25. The van der Waals surface area contributed by atoms with Crippen molar-refractivity contribution < 1.29 is 56.8 Å². The fraction of sp³-hybridized carbons (Fsp3) is 0.815. The molecule has 6 unspecified atom stereocenters. The Bertz CT molecular complexity index is 1410. The number of ether oxygens (including phenoxy) is 4. The molecule has 1 saturated heterocycles. The lowest BCUT2D eigenvalue weighted by molar-refractivity contribution is -0.297. The summed E-state index contributed by atoms with van der Waals surface area (Å²) < 4.78 is 54.3. The third-order valence-electron chi connectivity index (χ3n) is 12.2. The topological polar surface area (TPSA) is 186 Å². The van der Waals surface area contributed by atoms with Gasteiger partial charge in [-0.15, -0.1) is 0 Å². The van der Waals surface area contributed by atoms with Gasteiger partial charge in [0, 0.05) is 12.8 Å².